The van der Waals surface area contributed by atoms with Crippen molar-refractivity contribution in [1.29, 1.82) is 0 Å². The first kappa shape index (κ1) is 20.9. The van der Waals surface area contributed by atoms with Crippen molar-refractivity contribution in [2.45, 2.75) is 39.7 Å². The maximum absolute atomic E-state index is 13.7. The molecule has 0 spiro atoms. The van der Waals surface area contributed by atoms with Crippen LogP contribution >= 0.6 is 0 Å². The van der Waals surface area contributed by atoms with Crippen LogP contribution in [0.5, 0.6) is 0 Å². The van der Waals surface area contributed by atoms with Gasteiger partial charge in [0.25, 0.3) is 5.91 Å². The fourth-order valence-electron chi connectivity index (χ4n) is 3.99. The predicted octanol–water partition coefficient (Wildman–Crippen LogP) is 5.70. The quantitative estimate of drug-likeness (QED) is 0.382. The number of aromatic nitrogens is 5. The van der Waals surface area contributed by atoms with E-state index in [2.05, 4.69) is 38.1 Å². The van der Waals surface area contributed by atoms with Crippen molar-refractivity contribution in [3.05, 3.63) is 78.2 Å². The monoisotopic (exact) mass is 438 g/mol. The number of anilines is 1. The van der Waals surface area contributed by atoms with Crippen LogP contribution in [0.15, 0.2) is 67.0 Å². The van der Waals surface area contributed by atoms with Crippen LogP contribution in [0.4, 0.5) is 5.82 Å². The summed E-state index contributed by atoms with van der Waals surface area (Å²) in [6.07, 6.45) is 3.64. The van der Waals surface area contributed by atoms with E-state index in [9.17, 15) is 4.79 Å². The number of nitrogens with one attached hydrogen (secondary N) is 1. The molecule has 5 rings (SSSR count). The Hall–Kier alpha value is -4.00. The SMILES string of the molecule is CC(C)c1cc(C(=O)Nc2c(-c3ccccc3)nc3ccccn23)c2cnn(C(C)C)c2n1. The number of carbonyl (C=O) groups excluding carboxylic acids is 1. The number of amides is 1. The van der Waals surface area contributed by atoms with Crippen LogP contribution in [0, 0.1) is 0 Å². The first-order valence-corrected chi connectivity index (χ1v) is 11.2. The molecule has 4 aromatic heterocycles. The maximum Gasteiger partial charge on any atom is 0.257 e. The third-order valence-corrected chi connectivity index (χ3v) is 5.72. The lowest BCUT2D eigenvalue weighted by Gasteiger charge is -2.13. The summed E-state index contributed by atoms with van der Waals surface area (Å²) in [5.41, 5.74) is 4.57. The van der Waals surface area contributed by atoms with Gasteiger partial charge in [0.2, 0.25) is 0 Å². The van der Waals surface area contributed by atoms with Gasteiger partial charge in [-0.2, -0.15) is 5.10 Å². The van der Waals surface area contributed by atoms with E-state index in [4.69, 9.17) is 9.97 Å². The molecule has 0 saturated heterocycles. The maximum atomic E-state index is 13.7. The molecule has 0 atom stereocenters. The summed E-state index contributed by atoms with van der Waals surface area (Å²) in [5.74, 6) is 0.594. The molecule has 0 fully saturated rings. The van der Waals surface area contributed by atoms with E-state index in [1.165, 1.54) is 0 Å². The molecule has 0 radical (unpaired) electrons. The van der Waals surface area contributed by atoms with Crippen LogP contribution in [0.1, 0.15) is 55.7 Å². The summed E-state index contributed by atoms with van der Waals surface area (Å²) >= 11 is 0. The Balaban J connectivity index is 1.65. The molecule has 7 nitrogen and oxygen atoms in total. The number of fused-ring (bicyclic) bond motifs is 2. The Kier molecular flexibility index (Phi) is 5.17. The zero-order valence-electron chi connectivity index (χ0n) is 19.1. The third kappa shape index (κ3) is 3.65. The lowest BCUT2D eigenvalue weighted by atomic mass is 10.0. The van der Waals surface area contributed by atoms with E-state index in [1.54, 1.807) is 6.20 Å². The van der Waals surface area contributed by atoms with Crippen molar-refractivity contribution in [2.75, 3.05) is 5.32 Å². The lowest BCUT2D eigenvalue weighted by Crippen LogP contribution is -2.16. The van der Waals surface area contributed by atoms with Gasteiger partial charge in [-0.3, -0.25) is 9.20 Å². The van der Waals surface area contributed by atoms with Gasteiger partial charge < -0.3 is 5.32 Å². The average Bonchev–Trinajstić information content (AvgIpc) is 3.41. The van der Waals surface area contributed by atoms with Gasteiger partial charge in [0.05, 0.1) is 17.1 Å². The fraction of sp³-hybridized carbons (Fsp3) is 0.231. The minimum atomic E-state index is -0.213. The van der Waals surface area contributed by atoms with Gasteiger partial charge in [0.15, 0.2) is 5.65 Å². The minimum Gasteiger partial charge on any atom is -0.306 e. The highest BCUT2D eigenvalue weighted by Crippen LogP contribution is 2.30. The van der Waals surface area contributed by atoms with Crippen molar-refractivity contribution in [3.63, 3.8) is 0 Å². The molecule has 166 valence electrons. The largest absolute Gasteiger partial charge is 0.306 e. The molecule has 0 aliphatic heterocycles. The summed E-state index contributed by atoms with van der Waals surface area (Å²) in [7, 11) is 0. The van der Waals surface area contributed by atoms with Gasteiger partial charge in [0, 0.05) is 23.5 Å². The number of pyridine rings is 2. The second kappa shape index (κ2) is 8.16. The normalized spacial score (nSPS) is 11.7. The Morgan fingerprint density at radius 2 is 1.73 bits per heavy atom. The van der Waals surface area contributed by atoms with E-state index < -0.39 is 0 Å². The van der Waals surface area contributed by atoms with Crippen LogP contribution in [-0.2, 0) is 0 Å². The molecule has 0 aliphatic rings. The van der Waals surface area contributed by atoms with Gasteiger partial charge in [-0.05, 0) is 38.0 Å². The molecule has 0 aliphatic carbocycles. The summed E-state index contributed by atoms with van der Waals surface area (Å²) < 4.78 is 3.77. The molecule has 0 bridgehead atoms. The Labute approximate surface area is 192 Å². The molecule has 33 heavy (non-hydrogen) atoms. The fourth-order valence-corrected chi connectivity index (χ4v) is 3.99. The van der Waals surface area contributed by atoms with E-state index in [0.29, 0.717) is 11.4 Å². The van der Waals surface area contributed by atoms with Crippen molar-refractivity contribution in [1.82, 2.24) is 24.1 Å². The number of benzene rings is 1. The standard InChI is InChI=1S/C26H26N6O/c1-16(2)21-14-19(20-15-27-32(17(3)4)24(20)28-21)26(33)30-25-23(18-10-6-5-7-11-18)29-22-12-8-9-13-31(22)25/h5-17H,1-4H3,(H,30,33). The van der Waals surface area contributed by atoms with Gasteiger partial charge in [-0.15, -0.1) is 0 Å². The van der Waals surface area contributed by atoms with Gasteiger partial charge in [-0.1, -0.05) is 50.2 Å². The molecule has 1 N–H and O–H groups in total. The second-order valence-electron chi connectivity index (χ2n) is 8.73. The van der Waals surface area contributed by atoms with Gasteiger partial charge >= 0.3 is 0 Å². The average molecular weight is 439 g/mol. The molecule has 7 heteroatoms. The highest BCUT2D eigenvalue weighted by Gasteiger charge is 2.22. The molecular formula is C26H26N6O. The molecule has 1 aromatic carbocycles. The van der Waals surface area contributed by atoms with E-state index in [-0.39, 0.29) is 17.9 Å². The first-order valence-electron chi connectivity index (χ1n) is 11.2. The molecule has 0 unspecified atom stereocenters. The Bertz CT molecular complexity index is 1460. The number of hydrogen-bond acceptors (Lipinski definition) is 4. The highest BCUT2D eigenvalue weighted by molar-refractivity contribution is 6.12. The molecule has 1 amide bonds. The minimum absolute atomic E-state index is 0.136. The number of carbonyl (C=O) groups is 1. The van der Waals surface area contributed by atoms with Crippen molar-refractivity contribution in [3.8, 4) is 11.3 Å². The topological polar surface area (TPSA) is 77.1 Å². The van der Waals surface area contributed by atoms with Crippen molar-refractivity contribution >= 4 is 28.4 Å². The zero-order valence-corrected chi connectivity index (χ0v) is 19.1. The molecular weight excluding hydrogens is 412 g/mol. The molecule has 0 saturated carbocycles. The summed E-state index contributed by atoms with van der Waals surface area (Å²) in [5, 5.41) is 8.39. The van der Waals surface area contributed by atoms with Crippen LogP contribution < -0.4 is 5.32 Å². The third-order valence-electron chi connectivity index (χ3n) is 5.72. The van der Waals surface area contributed by atoms with Gasteiger partial charge in [0.1, 0.15) is 17.2 Å². The smallest absolute Gasteiger partial charge is 0.257 e. The van der Waals surface area contributed by atoms with E-state index in [0.717, 1.165) is 33.6 Å². The number of hydrogen-bond donors (Lipinski definition) is 1. The number of nitrogens with zero attached hydrogens (tertiary/aromatic N) is 5. The van der Waals surface area contributed by atoms with Crippen LogP contribution in [0.25, 0.3) is 27.9 Å². The van der Waals surface area contributed by atoms with Crippen LogP contribution in [0.3, 0.4) is 0 Å². The van der Waals surface area contributed by atoms with Gasteiger partial charge in [-0.25, -0.2) is 14.6 Å². The van der Waals surface area contributed by atoms with Crippen molar-refractivity contribution < 1.29 is 4.79 Å². The summed E-state index contributed by atoms with van der Waals surface area (Å²) in [6, 6.07) is 17.7. The number of rotatable bonds is 5. The van der Waals surface area contributed by atoms with Crippen LogP contribution in [0.2, 0.25) is 0 Å². The van der Waals surface area contributed by atoms with Crippen LogP contribution in [-0.4, -0.2) is 30.1 Å². The number of imidazole rings is 1. The lowest BCUT2D eigenvalue weighted by molar-refractivity contribution is 0.102. The Morgan fingerprint density at radius 1 is 0.970 bits per heavy atom. The first-order chi connectivity index (χ1) is 15.9. The van der Waals surface area contributed by atoms with Crippen molar-refractivity contribution in [2.24, 2.45) is 0 Å². The molecule has 4 heterocycles. The predicted molar refractivity (Wildman–Crippen MR) is 131 cm³/mol. The van der Waals surface area contributed by atoms with E-state index in [1.807, 2.05) is 69.9 Å². The zero-order chi connectivity index (χ0) is 23.1. The summed E-state index contributed by atoms with van der Waals surface area (Å²) in [4.78, 5) is 23.3. The Morgan fingerprint density at radius 3 is 2.45 bits per heavy atom. The molecule has 5 aromatic rings. The van der Waals surface area contributed by atoms with E-state index >= 15 is 0 Å². The highest BCUT2D eigenvalue weighted by atomic mass is 16.1. The summed E-state index contributed by atoms with van der Waals surface area (Å²) in [6.45, 7) is 8.26. The second-order valence-corrected chi connectivity index (χ2v) is 8.73.